The van der Waals surface area contributed by atoms with Gasteiger partial charge in [0.25, 0.3) is 0 Å². The third-order valence-electron chi connectivity index (χ3n) is 3.28. The first-order chi connectivity index (χ1) is 6.05. The van der Waals surface area contributed by atoms with Crippen LogP contribution in [-0.4, -0.2) is 38.1 Å². The summed E-state index contributed by atoms with van der Waals surface area (Å²) in [6.45, 7) is 7.06. The maximum absolute atomic E-state index is 3.20. The Hall–Kier alpha value is -0.0800. The van der Waals surface area contributed by atoms with Crippen LogP contribution < -0.4 is 5.32 Å². The van der Waals surface area contributed by atoms with Crippen LogP contribution in [0.25, 0.3) is 0 Å². The minimum Gasteiger partial charge on any atom is -0.318 e. The summed E-state index contributed by atoms with van der Waals surface area (Å²) in [5.41, 5.74) is 0.582. The van der Waals surface area contributed by atoms with Crippen molar-refractivity contribution in [1.82, 2.24) is 10.2 Å². The van der Waals surface area contributed by atoms with E-state index in [1.54, 1.807) is 0 Å². The summed E-state index contributed by atoms with van der Waals surface area (Å²) in [5, 5.41) is 3.20. The van der Waals surface area contributed by atoms with Crippen molar-refractivity contribution in [3.63, 3.8) is 0 Å². The van der Waals surface area contributed by atoms with Crippen molar-refractivity contribution in [3.05, 3.63) is 0 Å². The Morgan fingerprint density at radius 3 is 2.62 bits per heavy atom. The smallest absolute Gasteiger partial charge is 0.0107 e. The molecule has 1 fully saturated rings. The molecular weight excluding hydrogens is 160 g/mol. The van der Waals surface area contributed by atoms with E-state index in [0.717, 1.165) is 12.6 Å². The van der Waals surface area contributed by atoms with E-state index in [0.29, 0.717) is 5.41 Å². The standard InChI is InChI=1S/C11H24N2/c1-11(2)6-5-10(9-11)13(4)8-7-12-3/h10,12H,5-9H2,1-4H3. The Kier molecular flexibility index (Phi) is 3.74. The molecule has 0 aromatic heterocycles. The summed E-state index contributed by atoms with van der Waals surface area (Å²) in [6.07, 6.45) is 4.14. The van der Waals surface area contributed by atoms with Gasteiger partial charge in [0.15, 0.2) is 0 Å². The SMILES string of the molecule is CNCCN(C)C1CCC(C)(C)C1. The molecule has 78 valence electrons. The van der Waals surface area contributed by atoms with Gasteiger partial charge in [0.2, 0.25) is 0 Å². The van der Waals surface area contributed by atoms with Crippen LogP contribution in [0.2, 0.25) is 0 Å². The molecule has 2 heteroatoms. The fraction of sp³-hybridized carbons (Fsp3) is 1.00. The minimum atomic E-state index is 0.582. The molecule has 1 unspecified atom stereocenters. The van der Waals surface area contributed by atoms with Crippen LogP contribution in [0.4, 0.5) is 0 Å². The summed E-state index contributed by atoms with van der Waals surface area (Å²) >= 11 is 0. The quantitative estimate of drug-likeness (QED) is 0.715. The molecule has 1 rings (SSSR count). The third-order valence-corrected chi connectivity index (χ3v) is 3.28. The van der Waals surface area contributed by atoms with Crippen LogP contribution >= 0.6 is 0 Å². The molecule has 0 radical (unpaired) electrons. The first-order valence-corrected chi connectivity index (χ1v) is 5.40. The second-order valence-electron chi connectivity index (χ2n) is 5.14. The number of nitrogens with one attached hydrogen (secondary N) is 1. The Labute approximate surface area is 82.7 Å². The van der Waals surface area contributed by atoms with Crippen molar-refractivity contribution in [3.8, 4) is 0 Å². The van der Waals surface area contributed by atoms with Gasteiger partial charge in [-0.3, -0.25) is 0 Å². The van der Waals surface area contributed by atoms with Crippen LogP contribution in [0.5, 0.6) is 0 Å². The predicted octanol–water partition coefficient (Wildman–Crippen LogP) is 1.72. The Morgan fingerprint density at radius 1 is 1.46 bits per heavy atom. The Bertz CT molecular complexity index is 154. The number of likely N-dealkylation sites (N-methyl/N-ethyl adjacent to an activating group) is 2. The zero-order valence-corrected chi connectivity index (χ0v) is 9.56. The lowest BCUT2D eigenvalue weighted by molar-refractivity contribution is 0.229. The molecule has 0 saturated heterocycles. The average molecular weight is 184 g/mol. The van der Waals surface area contributed by atoms with Crippen molar-refractivity contribution in [1.29, 1.82) is 0 Å². The van der Waals surface area contributed by atoms with E-state index in [1.807, 2.05) is 7.05 Å². The largest absolute Gasteiger partial charge is 0.318 e. The molecule has 0 aromatic carbocycles. The highest BCUT2D eigenvalue weighted by molar-refractivity contribution is 4.87. The molecule has 13 heavy (non-hydrogen) atoms. The molecule has 1 N–H and O–H groups in total. The lowest BCUT2D eigenvalue weighted by Crippen LogP contribution is -2.35. The van der Waals surface area contributed by atoms with Crippen LogP contribution in [-0.2, 0) is 0 Å². The zero-order valence-electron chi connectivity index (χ0n) is 9.56. The molecule has 1 aliphatic rings. The molecule has 0 aromatic rings. The summed E-state index contributed by atoms with van der Waals surface area (Å²) in [5.74, 6) is 0. The van der Waals surface area contributed by atoms with Gasteiger partial charge in [-0.15, -0.1) is 0 Å². The first-order valence-electron chi connectivity index (χ1n) is 5.40. The second kappa shape index (κ2) is 4.43. The second-order valence-corrected chi connectivity index (χ2v) is 5.14. The summed E-state index contributed by atoms with van der Waals surface area (Å²) in [4.78, 5) is 2.51. The van der Waals surface area contributed by atoms with Crippen molar-refractivity contribution >= 4 is 0 Å². The summed E-state index contributed by atoms with van der Waals surface area (Å²) < 4.78 is 0. The highest BCUT2D eigenvalue weighted by Gasteiger charge is 2.32. The molecule has 2 nitrogen and oxygen atoms in total. The maximum Gasteiger partial charge on any atom is 0.0107 e. The van der Waals surface area contributed by atoms with Gasteiger partial charge >= 0.3 is 0 Å². The molecule has 1 aliphatic carbocycles. The van der Waals surface area contributed by atoms with E-state index >= 15 is 0 Å². The highest BCUT2D eigenvalue weighted by Crippen LogP contribution is 2.38. The lowest BCUT2D eigenvalue weighted by atomic mass is 9.91. The number of hydrogen-bond acceptors (Lipinski definition) is 2. The predicted molar refractivity (Wildman–Crippen MR) is 58.0 cm³/mol. The van der Waals surface area contributed by atoms with Gasteiger partial charge < -0.3 is 10.2 Å². The van der Waals surface area contributed by atoms with E-state index in [4.69, 9.17) is 0 Å². The Morgan fingerprint density at radius 2 is 2.15 bits per heavy atom. The van der Waals surface area contributed by atoms with Crippen LogP contribution in [0.15, 0.2) is 0 Å². The van der Waals surface area contributed by atoms with Gasteiger partial charge in [-0.1, -0.05) is 13.8 Å². The summed E-state index contributed by atoms with van der Waals surface area (Å²) in [6, 6.07) is 0.823. The fourth-order valence-corrected chi connectivity index (χ4v) is 2.25. The minimum absolute atomic E-state index is 0.582. The van der Waals surface area contributed by atoms with Gasteiger partial charge in [-0.2, -0.15) is 0 Å². The first kappa shape index (κ1) is 11.0. The molecule has 0 aliphatic heterocycles. The van der Waals surface area contributed by atoms with E-state index in [9.17, 15) is 0 Å². The monoisotopic (exact) mass is 184 g/mol. The van der Waals surface area contributed by atoms with Gasteiger partial charge in [0.05, 0.1) is 0 Å². The van der Waals surface area contributed by atoms with Gasteiger partial charge in [0, 0.05) is 19.1 Å². The third kappa shape index (κ3) is 3.28. The maximum atomic E-state index is 3.20. The van der Waals surface area contributed by atoms with Crippen molar-refractivity contribution in [2.45, 2.75) is 39.2 Å². The number of nitrogens with zero attached hydrogens (tertiary/aromatic N) is 1. The van der Waals surface area contributed by atoms with Crippen LogP contribution in [0.1, 0.15) is 33.1 Å². The van der Waals surface area contributed by atoms with Crippen molar-refractivity contribution in [2.75, 3.05) is 27.2 Å². The molecule has 0 amide bonds. The summed E-state index contributed by atoms with van der Waals surface area (Å²) in [7, 11) is 4.27. The number of hydrogen-bond donors (Lipinski definition) is 1. The lowest BCUT2D eigenvalue weighted by Gasteiger charge is -2.25. The molecule has 0 bridgehead atoms. The van der Waals surface area contributed by atoms with Gasteiger partial charge in [-0.25, -0.2) is 0 Å². The molecule has 1 atom stereocenters. The van der Waals surface area contributed by atoms with E-state index in [2.05, 4.69) is 31.1 Å². The van der Waals surface area contributed by atoms with E-state index in [1.165, 1.54) is 25.8 Å². The van der Waals surface area contributed by atoms with Gasteiger partial charge in [0.1, 0.15) is 0 Å². The normalized spacial score (nSPS) is 27.0. The Balaban J connectivity index is 2.29. The fourth-order valence-electron chi connectivity index (χ4n) is 2.25. The molecule has 1 saturated carbocycles. The highest BCUT2D eigenvalue weighted by atomic mass is 15.1. The van der Waals surface area contributed by atoms with Crippen LogP contribution in [0, 0.1) is 5.41 Å². The molecular formula is C11H24N2. The van der Waals surface area contributed by atoms with Gasteiger partial charge in [-0.05, 0) is 38.8 Å². The van der Waals surface area contributed by atoms with E-state index in [-0.39, 0.29) is 0 Å². The van der Waals surface area contributed by atoms with Crippen LogP contribution in [0.3, 0.4) is 0 Å². The van der Waals surface area contributed by atoms with E-state index < -0.39 is 0 Å². The zero-order chi connectivity index (χ0) is 9.90. The number of rotatable bonds is 4. The molecule has 0 heterocycles. The average Bonchev–Trinajstić information content (AvgIpc) is 2.42. The molecule has 0 spiro atoms. The topological polar surface area (TPSA) is 15.3 Å². The van der Waals surface area contributed by atoms with Crippen molar-refractivity contribution < 1.29 is 0 Å². The van der Waals surface area contributed by atoms with Crippen molar-refractivity contribution in [2.24, 2.45) is 5.41 Å².